The van der Waals surface area contributed by atoms with Crippen molar-refractivity contribution in [2.75, 3.05) is 0 Å². The van der Waals surface area contributed by atoms with Crippen molar-refractivity contribution in [1.29, 1.82) is 0 Å². The van der Waals surface area contributed by atoms with Crippen molar-refractivity contribution in [3.63, 3.8) is 0 Å². The van der Waals surface area contributed by atoms with Gasteiger partial charge in [-0.25, -0.2) is 0 Å². The fourth-order valence-electron chi connectivity index (χ4n) is 11.6. The van der Waals surface area contributed by atoms with Crippen LogP contribution in [-0.4, -0.2) is 9.97 Å². The van der Waals surface area contributed by atoms with E-state index in [9.17, 15) is 0 Å². The highest BCUT2D eigenvalue weighted by Gasteiger charge is 2.41. The van der Waals surface area contributed by atoms with Crippen molar-refractivity contribution in [1.82, 2.24) is 9.97 Å². The lowest BCUT2D eigenvalue weighted by Gasteiger charge is -2.23. The Morgan fingerprint density at radius 2 is 0.859 bits per heavy atom. The molecule has 11 aromatic rings. The Hall–Kier alpha value is -7.42. The highest BCUT2D eigenvalue weighted by atomic mass is 14.8. The Balaban J connectivity index is 0.000000135. The van der Waals surface area contributed by atoms with Gasteiger partial charge in [0.15, 0.2) is 0 Å². The molecule has 0 spiro atoms. The SMILES string of the molecule is C/C=C\C=C(/C)c1ccc2c(c1)C(C)(C)c1c-2[nH]c2c3ccccc3c3ccccc3c12.CC1(C)c2cc(-c3ccccc3)ccc2-c2[nH]c3c4ccccc4c4ccccc4c3c21. The van der Waals surface area contributed by atoms with Crippen molar-refractivity contribution in [3.8, 4) is 33.6 Å². The van der Waals surface area contributed by atoms with E-state index < -0.39 is 0 Å². The average Bonchev–Trinajstić information content (AvgIpc) is 4.06. The van der Waals surface area contributed by atoms with Crippen LogP contribution in [0.1, 0.15) is 69.4 Å². The maximum Gasteiger partial charge on any atom is 0.0548 e. The molecule has 9 aromatic carbocycles. The van der Waals surface area contributed by atoms with Crippen LogP contribution in [0.5, 0.6) is 0 Å². The Labute approximate surface area is 374 Å². The zero-order chi connectivity index (χ0) is 43.5. The van der Waals surface area contributed by atoms with Gasteiger partial charge in [0.25, 0.3) is 0 Å². The predicted molar refractivity (Wildman–Crippen MR) is 276 cm³/mol. The summed E-state index contributed by atoms with van der Waals surface area (Å²) in [5.41, 5.74) is 18.4. The van der Waals surface area contributed by atoms with Crippen molar-refractivity contribution < 1.29 is 0 Å². The number of H-pyrrole nitrogens is 2. The molecule has 2 aromatic heterocycles. The fraction of sp³-hybridized carbons (Fsp3) is 0.129. The summed E-state index contributed by atoms with van der Waals surface area (Å²) >= 11 is 0. The molecule has 2 nitrogen and oxygen atoms in total. The van der Waals surface area contributed by atoms with Crippen LogP contribution in [0, 0.1) is 0 Å². The van der Waals surface area contributed by atoms with Crippen LogP contribution in [0.2, 0.25) is 0 Å². The number of aromatic amines is 2. The van der Waals surface area contributed by atoms with Gasteiger partial charge in [-0.2, -0.15) is 0 Å². The van der Waals surface area contributed by atoms with E-state index in [0.717, 1.165) is 0 Å². The van der Waals surface area contributed by atoms with Crippen molar-refractivity contribution >= 4 is 70.5 Å². The lowest BCUT2D eigenvalue weighted by atomic mass is 9.79. The summed E-state index contributed by atoms with van der Waals surface area (Å²) in [6, 6.07) is 59.9. The number of fused-ring (bicyclic) bond motifs is 20. The molecule has 0 fully saturated rings. The molecule has 0 saturated heterocycles. The van der Waals surface area contributed by atoms with E-state index >= 15 is 0 Å². The molecule has 2 N–H and O–H groups in total. The molecule has 0 saturated carbocycles. The van der Waals surface area contributed by atoms with E-state index in [-0.39, 0.29) is 10.8 Å². The van der Waals surface area contributed by atoms with Gasteiger partial charge >= 0.3 is 0 Å². The third-order valence-corrected chi connectivity index (χ3v) is 14.6. The van der Waals surface area contributed by atoms with E-state index in [2.05, 4.69) is 234 Å². The third-order valence-electron chi connectivity index (χ3n) is 14.6. The minimum absolute atomic E-state index is 0.0783. The highest BCUT2D eigenvalue weighted by Crippen LogP contribution is 2.56. The van der Waals surface area contributed by atoms with Gasteiger partial charge in [0.2, 0.25) is 0 Å². The minimum atomic E-state index is -0.0844. The number of hydrogen-bond acceptors (Lipinski definition) is 0. The van der Waals surface area contributed by atoms with Gasteiger partial charge in [-0.3, -0.25) is 0 Å². The molecule has 13 rings (SSSR count). The lowest BCUT2D eigenvalue weighted by Crippen LogP contribution is -2.15. The molecule has 0 bridgehead atoms. The second-order valence-electron chi connectivity index (χ2n) is 18.9. The molecule has 2 aliphatic carbocycles. The fourth-order valence-corrected chi connectivity index (χ4v) is 11.6. The normalized spacial score (nSPS) is 14.7. The molecule has 0 radical (unpaired) electrons. The number of allylic oxidation sites excluding steroid dienone is 4. The quantitative estimate of drug-likeness (QED) is 0.131. The van der Waals surface area contributed by atoms with E-state index in [1.807, 2.05) is 0 Å². The predicted octanol–water partition coefficient (Wildman–Crippen LogP) is 17.2. The largest absolute Gasteiger partial charge is 0.354 e. The standard InChI is InChI=1S/C31H23N.C31H27N/c1-31(2)26-18-20(19-10-4-3-5-11-19)16-17-25(26)30-28(31)27-23-14-8-6-12-21(23)22-13-7-9-15-24(22)29(27)32-30;1-5-6-11-19(2)20-16-17-25-26(18-20)31(3,4)28-27-23-14-9-7-12-21(23)22-13-8-10-15-24(22)29(27)32-30(25)28/h3-18,32H,1-2H3;5-18,32H,1-4H3/b;6-5-,19-11+. The first-order valence-electron chi connectivity index (χ1n) is 22.7. The molecule has 2 heteroatoms. The van der Waals surface area contributed by atoms with Gasteiger partial charge in [0, 0.05) is 43.5 Å². The topological polar surface area (TPSA) is 31.6 Å². The molecule has 64 heavy (non-hydrogen) atoms. The first kappa shape index (κ1) is 38.3. The smallest absolute Gasteiger partial charge is 0.0548 e. The molecule has 308 valence electrons. The van der Waals surface area contributed by atoms with Crippen LogP contribution in [0.4, 0.5) is 0 Å². The maximum atomic E-state index is 3.88. The Morgan fingerprint density at radius 3 is 1.36 bits per heavy atom. The van der Waals surface area contributed by atoms with Crippen LogP contribution >= 0.6 is 0 Å². The summed E-state index contributed by atoms with van der Waals surface area (Å²) in [4.78, 5) is 7.76. The van der Waals surface area contributed by atoms with Crippen LogP contribution in [0.25, 0.3) is 104 Å². The Morgan fingerprint density at radius 1 is 0.438 bits per heavy atom. The van der Waals surface area contributed by atoms with E-state index in [1.54, 1.807) is 0 Å². The van der Waals surface area contributed by atoms with Gasteiger partial charge in [-0.05, 0) is 103 Å². The minimum Gasteiger partial charge on any atom is -0.354 e. The summed E-state index contributed by atoms with van der Waals surface area (Å²) in [5.74, 6) is 0. The van der Waals surface area contributed by atoms with Crippen LogP contribution in [-0.2, 0) is 10.8 Å². The van der Waals surface area contributed by atoms with Gasteiger partial charge in [-0.15, -0.1) is 0 Å². The summed E-state index contributed by atoms with van der Waals surface area (Å²) in [7, 11) is 0. The molecular weight excluding hydrogens is 773 g/mol. The average molecular weight is 823 g/mol. The Bertz CT molecular complexity index is 3790. The van der Waals surface area contributed by atoms with Crippen molar-refractivity contribution in [2.24, 2.45) is 0 Å². The second kappa shape index (κ2) is 14.0. The number of rotatable bonds is 3. The van der Waals surface area contributed by atoms with Crippen LogP contribution < -0.4 is 0 Å². The molecule has 0 amide bonds. The van der Waals surface area contributed by atoms with Gasteiger partial charge in [0.05, 0.1) is 22.4 Å². The van der Waals surface area contributed by atoms with Gasteiger partial charge in [0.1, 0.15) is 0 Å². The summed E-state index contributed by atoms with van der Waals surface area (Å²) in [6.45, 7) is 13.8. The van der Waals surface area contributed by atoms with E-state index in [4.69, 9.17) is 0 Å². The van der Waals surface area contributed by atoms with Crippen LogP contribution in [0.15, 0.2) is 182 Å². The van der Waals surface area contributed by atoms with E-state index in [0.29, 0.717) is 0 Å². The van der Waals surface area contributed by atoms with E-state index in [1.165, 1.54) is 132 Å². The Kier molecular flexibility index (Phi) is 8.40. The molecule has 0 aliphatic heterocycles. The molecule has 2 aliphatic rings. The summed E-state index contributed by atoms with van der Waals surface area (Å²) < 4.78 is 0. The van der Waals surface area contributed by atoms with Crippen LogP contribution in [0.3, 0.4) is 0 Å². The molecular formula is C62H50N2. The number of nitrogens with one attached hydrogen (secondary N) is 2. The van der Waals surface area contributed by atoms with Gasteiger partial charge in [-0.1, -0.05) is 198 Å². The number of aromatic nitrogens is 2. The lowest BCUT2D eigenvalue weighted by molar-refractivity contribution is 0.666. The monoisotopic (exact) mass is 822 g/mol. The number of benzene rings is 9. The zero-order valence-corrected chi connectivity index (χ0v) is 37.3. The molecule has 0 atom stereocenters. The van der Waals surface area contributed by atoms with Crippen molar-refractivity contribution in [3.05, 3.63) is 210 Å². The zero-order valence-electron chi connectivity index (χ0n) is 37.3. The summed E-state index contributed by atoms with van der Waals surface area (Å²) in [5, 5.41) is 13.3. The first-order valence-corrected chi connectivity index (χ1v) is 22.7. The summed E-state index contributed by atoms with van der Waals surface area (Å²) in [6.07, 6.45) is 6.38. The van der Waals surface area contributed by atoms with Gasteiger partial charge < -0.3 is 9.97 Å². The third kappa shape index (κ3) is 5.38. The first-order chi connectivity index (χ1) is 31.2. The number of hydrogen-bond donors (Lipinski definition) is 2. The highest BCUT2D eigenvalue weighted by molar-refractivity contribution is 6.28. The second-order valence-corrected chi connectivity index (χ2v) is 18.9. The van der Waals surface area contributed by atoms with Crippen molar-refractivity contribution in [2.45, 2.75) is 52.4 Å². The molecule has 0 unspecified atom stereocenters. The maximum absolute atomic E-state index is 3.88. The molecule has 2 heterocycles.